The van der Waals surface area contributed by atoms with Crippen molar-refractivity contribution in [3.05, 3.63) is 15.5 Å². The number of rotatable bonds is 3. The molecule has 0 bridgehead atoms. The highest BCUT2D eigenvalue weighted by Gasteiger charge is 2.21. The summed E-state index contributed by atoms with van der Waals surface area (Å²) in [6.45, 7) is 2.25. The van der Waals surface area contributed by atoms with Gasteiger partial charge in [0.1, 0.15) is 0 Å². The van der Waals surface area contributed by atoms with Crippen molar-refractivity contribution in [2.24, 2.45) is 5.92 Å². The van der Waals surface area contributed by atoms with Crippen LogP contribution >= 0.6 is 22.9 Å². The number of aromatic nitrogens is 1. The maximum absolute atomic E-state index is 11.6. The van der Waals surface area contributed by atoms with Gasteiger partial charge >= 0.3 is 0 Å². The highest BCUT2D eigenvalue weighted by molar-refractivity contribution is 7.15. The van der Waals surface area contributed by atoms with E-state index in [1.165, 1.54) is 11.3 Å². The van der Waals surface area contributed by atoms with Crippen molar-refractivity contribution in [3.63, 3.8) is 0 Å². The molecule has 1 aliphatic heterocycles. The molecular weight excluding hydrogens is 234 g/mol. The van der Waals surface area contributed by atoms with Gasteiger partial charge in [-0.3, -0.25) is 4.79 Å². The van der Waals surface area contributed by atoms with Crippen molar-refractivity contribution in [3.8, 4) is 0 Å². The lowest BCUT2D eigenvalue weighted by atomic mass is 10.1. The topological polar surface area (TPSA) is 54.0 Å². The SMILES string of the molecule is O=C(NCc1cnc(Cl)s1)[C@H]1CCNC1. The molecule has 15 heavy (non-hydrogen) atoms. The quantitative estimate of drug-likeness (QED) is 0.836. The van der Waals surface area contributed by atoms with Gasteiger partial charge in [0.05, 0.1) is 12.5 Å². The summed E-state index contributed by atoms with van der Waals surface area (Å²) in [5, 5.41) is 6.05. The largest absolute Gasteiger partial charge is 0.351 e. The van der Waals surface area contributed by atoms with Gasteiger partial charge in [-0.1, -0.05) is 11.6 Å². The van der Waals surface area contributed by atoms with Gasteiger partial charge in [-0.25, -0.2) is 4.98 Å². The van der Waals surface area contributed by atoms with Gasteiger partial charge in [0.25, 0.3) is 0 Å². The van der Waals surface area contributed by atoms with E-state index in [9.17, 15) is 4.79 Å². The molecule has 0 unspecified atom stereocenters. The number of thiazole rings is 1. The van der Waals surface area contributed by atoms with Crippen molar-refractivity contribution in [2.75, 3.05) is 13.1 Å². The lowest BCUT2D eigenvalue weighted by molar-refractivity contribution is -0.124. The second kappa shape index (κ2) is 4.92. The molecule has 2 heterocycles. The van der Waals surface area contributed by atoms with Crippen molar-refractivity contribution in [1.29, 1.82) is 0 Å². The highest BCUT2D eigenvalue weighted by Crippen LogP contribution is 2.17. The van der Waals surface area contributed by atoms with Gasteiger partial charge in [-0.2, -0.15) is 0 Å². The van der Waals surface area contributed by atoms with Crippen LogP contribution in [-0.2, 0) is 11.3 Å². The Hall–Kier alpha value is -0.650. The lowest BCUT2D eigenvalue weighted by Gasteiger charge is -2.08. The summed E-state index contributed by atoms with van der Waals surface area (Å²) in [7, 11) is 0. The van der Waals surface area contributed by atoms with E-state index in [1.807, 2.05) is 0 Å². The number of carbonyl (C=O) groups is 1. The molecule has 1 aliphatic rings. The van der Waals surface area contributed by atoms with Crippen LogP contribution in [0.2, 0.25) is 4.47 Å². The average Bonchev–Trinajstić information content (AvgIpc) is 2.84. The van der Waals surface area contributed by atoms with Crippen LogP contribution in [0.3, 0.4) is 0 Å². The van der Waals surface area contributed by atoms with E-state index in [0.29, 0.717) is 11.0 Å². The summed E-state index contributed by atoms with van der Waals surface area (Å²) >= 11 is 7.08. The van der Waals surface area contributed by atoms with Crippen LogP contribution in [-0.4, -0.2) is 24.0 Å². The fraction of sp³-hybridized carbons (Fsp3) is 0.556. The summed E-state index contributed by atoms with van der Waals surface area (Å²) in [6.07, 6.45) is 2.62. The molecule has 2 rings (SSSR count). The monoisotopic (exact) mass is 245 g/mol. The molecule has 0 radical (unpaired) electrons. The number of hydrogen-bond acceptors (Lipinski definition) is 4. The molecule has 1 atom stereocenters. The van der Waals surface area contributed by atoms with Gasteiger partial charge in [0, 0.05) is 17.6 Å². The Bertz CT molecular complexity index is 349. The summed E-state index contributed by atoms with van der Waals surface area (Å²) in [4.78, 5) is 16.5. The number of amides is 1. The van der Waals surface area contributed by atoms with E-state index < -0.39 is 0 Å². The molecule has 1 aromatic rings. The van der Waals surface area contributed by atoms with Crippen molar-refractivity contribution in [1.82, 2.24) is 15.6 Å². The number of nitrogens with one attached hydrogen (secondary N) is 2. The Kier molecular flexibility index (Phi) is 3.56. The summed E-state index contributed by atoms with van der Waals surface area (Å²) in [6, 6.07) is 0. The van der Waals surface area contributed by atoms with E-state index in [4.69, 9.17) is 11.6 Å². The summed E-state index contributed by atoms with van der Waals surface area (Å²) in [5.74, 6) is 0.234. The van der Waals surface area contributed by atoms with E-state index >= 15 is 0 Å². The van der Waals surface area contributed by atoms with Gasteiger partial charge in [-0.15, -0.1) is 11.3 Å². The van der Waals surface area contributed by atoms with E-state index in [2.05, 4.69) is 15.6 Å². The standard InChI is InChI=1S/C9H12ClN3OS/c10-9-13-5-7(15-9)4-12-8(14)6-1-2-11-3-6/h5-6,11H,1-4H2,(H,12,14)/t6-/m0/s1. The van der Waals surface area contributed by atoms with Gasteiger partial charge in [0.15, 0.2) is 4.47 Å². The zero-order chi connectivity index (χ0) is 10.7. The van der Waals surface area contributed by atoms with Crippen molar-refractivity contribution >= 4 is 28.8 Å². The maximum Gasteiger partial charge on any atom is 0.224 e. The first kappa shape index (κ1) is 10.9. The van der Waals surface area contributed by atoms with Crippen LogP contribution in [0.4, 0.5) is 0 Å². The smallest absolute Gasteiger partial charge is 0.224 e. The number of nitrogens with zero attached hydrogens (tertiary/aromatic N) is 1. The van der Waals surface area contributed by atoms with E-state index in [0.717, 1.165) is 24.4 Å². The van der Waals surface area contributed by atoms with Crippen LogP contribution in [0, 0.1) is 5.92 Å². The Morgan fingerprint density at radius 2 is 2.67 bits per heavy atom. The average molecular weight is 246 g/mol. The number of carbonyl (C=O) groups excluding carboxylic acids is 1. The van der Waals surface area contributed by atoms with Crippen LogP contribution in [0.15, 0.2) is 6.20 Å². The predicted molar refractivity (Wildman–Crippen MR) is 59.9 cm³/mol. The first-order chi connectivity index (χ1) is 7.25. The Morgan fingerprint density at radius 1 is 1.80 bits per heavy atom. The molecule has 0 aromatic carbocycles. The second-order valence-electron chi connectivity index (χ2n) is 3.49. The maximum atomic E-state index is 11.6. The molecule has 1 saturated heterocycles. The van der Waals surface area contributed by atoms with E-state index in [-0.39, 0.29) is 11.8 Å². The molecule has 4 nitrogen and oxygen atoms in total. The van der Waals surface area contributed by atoms with Gasteiger partial charge < -0.3 is 10.6 Å². The van der Waals surface area contributed by atoms with Crippen molar-refractivity contribution in [2.45, 2.75) is 13.0 Å². The third-order valence-electron chi connectivity index (χ3n) is 2.39. The first-order valence-corrected chi connectivity index (χ1v) is 6.04. The summed E-state index contributed by atoms with van der Waals surface area (Å²) in [5.41, 5.74) is 0. The molecule has 1 fully saturated rings. The fourth-order valence-corrected chi connectivity index (χ4v) is 2.48. The molecule has 82 valence electrons. The molecular formula is C9H12ClN3OS. The number of halogens is 1. The molecule has 1 amide bonds. The molecule has 0 spiro atoms. The van der Waals surface area contributed by atoms with Crippen molar-refractivity contribution < 1.29 is 4.79 Å². The molecule has 1 aromatic heterocycles. The summed E-state index contributed by atoms with van der Waals surface area (Å²) < 4.78 is 0.516. The van der Waals surface area contributed by atoms with Gasteiger partial charge in [0.2, 0.25) is 5.91 Å². The minimum atomic E-state index is 0.115. The van der Waals surface area contributed by atoms with Crippen LogP contribution in [0.25, 0.3) is 0 Å². The van der Waals surface area contributed by atoms with Crippen LogP contribution < -0.4 is 10.6 Å². The Balaban J connectivity index is 1.80. The third kappa shape index (κ3) is 2.90. The molecule has 0 saturated carbocycles. The molecule has 0 aliphatic carbocycles. The zero-order valence-corrected chi connectivity index (χ0v) is 9.70. The van der Waals surface area contributed by atoms with Crippen LogP contribution in [0.5, 0.6) is 0 Å². The molecule has 6 heteroatoms. The lowest BCUT2D eigenvalue weighted by Crippen LogP contribution is -2.31. The predicted octanol–water partition coefficient (Wildman–Crippen LogP) is 1.02. The van der Waals surface area contributed by atoms with Crippen LogP contribution in [0.1, 0.15) is 11.3 Å². The Labute approximate surface area is 97.0 Å². The third-order valence-corrected chi connectivity index (χ3v) is 3.51. The fourth-order valence-electron chi connectivity index (χ4n) is 1.56. The normalized spacial score (nSPS) is 20.5. The Morgan fingerprint density at radius 3 is 3.27 bits per heavy atom. The van der Waals surface area contributed by atoms with Gasteiger partial charge in [-0.05, 0) is 13.0 Å². The second-order valence-corrected chi connectivity index (χ2v) is 5.18. The van der Waals surface area contributed by atoms with E-state index in [1.54, 1.807) is 6.20 Å². The zero-order valence-electron chi connectivity index (χ0n) is 8.12. The molecule has 2 N–H and O–H groups in total. The number of hydrogen-bond donors (Lipinski definition) is 2. The first-order valence-electron chi connectivity index (χ1n) is 4.84. The highest BCUT2D eigenvalue weighted by atomic mass is 35.5. The minimum Gasteiger partial charge on any atom is -0.351 e. The minimum absolute atomic E-state index is 0.115.